The Morgan fingerprint density at radius 2 is 1.62 bits per heavy atom. The number of hydrogen-bond acceptors (Lipinski definition) is 3. The highest BCUT2D eigenvalue weighted by Gasteiger charge is 2.38. The molecule has 3 heterocycles. The van der Waals surface area contributed by atoms with Crippen LogP contribution in [0.15, 0.2) is 40.8 Å². The number of nitrogens with zero attached hydrogens (tertiary/aromatic N) is 2. The summed E-state index contributed by atoms with van der Waals surface area (Å²) in [6, 6.07) is 13.3. The highest BCUT2D eigenvalue weighted by molar-refractivity contribution is 5.21. The van der Waals surface area contributed by atoms with Gasteiger partial charge < -0.3 is 4.42 Å². The van der Waals surface area contributed by atoms with Gasteiger partial charge in [-0.3, -0.25) is 9.80 Å². The van der Waals surface area contributed by atoms with Crippen LogP contribution in [-0.4, -0.2) is 36.0 Å². The molecule has 0 radical (unpaired) electrons. The van der Waals surface area contributed by atoms with Crippen LogP contribution in [0.4, 0.5) is 0 Å². The summed E-state index contributed by atoms with van der Waals surface area (Å²) in [7, 11) is 0. The Labute approximate surface area is 158 Å². The number of rotatable bonds is 4. The van der Waals surface area contributed by atoms with Gasteiger partial charge in [0.25, 0.3) is 0 Å². The van der Waals surface area contributed by atoms with E-state index in [4.69, 9.17) is 4.42 Å². The van der Waals surface area contributed by atoms with E-state index in [1.165, 1.54) is 63.0 Å². The third-order valence-corrected chi connectivity index (χ3v) is 6.36. The molecular weight excluding hydrogens is 320 g/mol. The number of furan rings is 1. The Morgan fingerprint density at radius 3 is 2.31 bits per heavy atom. The SMILES string of the molecule is Cc1ccc(CN2CCCC3(CCN(Cc4ccc(C)o4)CC3)C2)cc1. The van der Waals surface area contributed by atoms with Gasteiger partial charge >= 0.3 is 0 Å². The fourth-order valence-electron chi connectivity index (χ4n) is 4.78. The first-order valence-electron chi connectivity index (χ1n) is 10.2. The Bertz CT molecular complexity index is 710. The Morgan fingerprint density at radius 1 is 0.846 bits per heavy atom. The van der Waals surface area contributed by atoms with Crippen molar-refractivity contribution in [1.29, 1.82) is 0 Å². The van der Waals surface area contributed by atoms with Crippen LogP contribution in [-0.2, 0) is 13.1 Å². The van der Waals surface area contributed by atoms with Crippen molar-refractivity contribution in [1.82, 2.24) is 9.80 Å². The van der Waals surface area contributed by atoms with E-state index in [1.54, 1.807) is 0 Å². The molecule has 1 aromatic carbocycles. The lowest BCUT2D eigenvalue weighted by molar-refractivity contribution is 0.0168. The molecule has 1 spiro atoms. The van der Waals surface area contributed by atoms with Gasteiger partial charge in [0, 0.05) is 13.1 Å². The van der Waals surface area contributed by atoms with Gasteiger partial charge in [0.2, 0.25) is 0 Å². The number of benzene rings is 1. The zero-order valence-corrected chi connectivity index (χ0v) is 16.3. The second kappa shape index (κ2) is 7.58. The van der Waals surface area contributed by atoms with Crippen LogP contribution in [0.3, 0.4) is 0 Å². The van der Waals surface area contributed by atoms with Crippen LogP contribution in [0, 0.1) is 19.3 Å². The van der Waals surface area contributed by atoms with E-state index in [2.05, 4.69) is 53.1 Å². The van der Waals surface area contributed by atoms with Gasteiger partial charge in [0.1, 0.15) is 11.5 Å². The standard InChI is InChI=1S/C23H32N2O/c1-19-4-7-21(8-5-19)16-25-13-3-10-23(18-25)11-14-24(15-12-23)17-22-9-6-20(2)26-22/h4-9H,3,10-18H2,1-2H3. The van der Waals surface area contributed by atoms with Crippen LogP contribution < -0.4 is 0 Å². The smallest absolute Gasteiger partial charge is 0.118 e. The van der Waals surface area contributed by atoms with E-state index in [0.717, 1.165) is 24.6 Å². The molecule has 0 bridgehead atoms. The van der Waals surface area contributed by atoms with Crippen molar-refractivity contribution in [3.05, 3.63) is 59.0 Å². The van der Waals surface area contributed by atoms with Crippen LogP contribution in [0.25, 0.3) is 0 Å². The van der Waals surface area contributed by atoms with Crippen molar-refractivity contribution in [3.8, 4) is 0 Å². The minimum absolute atomic E-state index is 0.540. The largest absolute Gasteiger partial charge is 0.465 e. The first-order chi connectivity index (χ1) is 12.6. The lowest BCUT2D eigenvalue weighted by Gasteiger charge is -2.47. The summed E-state index contributed by atoms with van der Waals surface area (Å²) in [6.45, 7) is 11.2. The maximum Gasteiger partial charge on any atom is 0.118 e. The fraction of sp³-hybridized carbons (Fsp3) is 0.565. The maximum absolute atomic E-state index is 5.77. The van der Waals surface area contributed by atoms with Crippen molar-refractivity contribution < 1.29 is 4.42 Å². The van der Waals surface area contributed by atoms with Gasteiger partial charge in [-0.2, -0.15) is 0 Å². The topological polar surface area (TPSA) is 19.6 Å². The third-order valence-electron chi connectivity index (χ3n) is 6.36. The Kier molecular flexibility index (Phi) is 5.19. The first kappa shape index (κ1) is 17.8. The second-order valence-corrected chi connectivity index (χ2v) is 8.59. The summed E-state index contributed by atoms with van der Waals surface area (Å²) < 4.78 is 5.77. The van der Waals surface area contributed by atoms with Crippen LogP contribution in [0.5, 0.6) is 0 Å². The molecule has 0 atom stereocenters. The van der Waals surface area contributed by atoms with Gasteiger partial charge in [-0.15, -0.1) is 0 Å². The van der Waals surface area contributed by atoms with Crippen molar-refractivity contribution in [2.75, 3.05) is 26.2 Å². The number of hydrogen-bond donors (Lipinski definition) is 0. The molecule has 2 aromatic rings. The summed E-state index contributed by atoms with van der Waals surface area (Å²) >= 11 is 0. The minimum Gasteiger partial charge on any atom is -0.465 e. The molecule has 0 amide bonds. The summed E-state index contributed by atoms with van der Waals surface area (Å²) in [5.41, 5.74) is 3.35. The third kappa shape index (κ3) is 4.21. The molecule has 26 heavy (non-hydrogen) atoms. The lowest BCUT2D eigenvalue weighted by Crippen LogP contribution is -2.49. The molecule has 2 aliphatic rings. The van der Waals surface area contributed by atoms with Crippen LogP contribution in [0.1, 0.15) is 48.3 Å². The Balaban J connectivity index is 1.32. The summed E-state index contributed by atoms with van der Waals surface area (Å²) in [6.07, 6.45) is 5.42. The van der Waals surface area contributed by atoms with Crippen molar-refractivity contribution in [3.63, 3.8) is 0 Å². The van der Waals surface area contributed by atoms with Crippen molar-refractivity contribution >= 4 is 0 Å². The van der Waals surface area contributed by atoms with Gasteiger partial charge in [-0.25, -0.2) is 0 Å². The molecule has 2 fully saturated rings. The summed E-state index contributed by atoms with van der Waals surface area (Å²) in [5, 5.41) is 0. The van der Waals surface area contributed by atoms with E-state index < -0.39 is 0 Å². The minimum atomic E-state index is 0.540. The van der Waals surface area contributed by atoms with Gasteiger partial charge in [-0.05, 0) is 82.3 Å². The highest BCUT2D eigenvalue weighted by atomic mass is 16.3. The molecule has 140 valence electrons. The van der Waals surface area contributed by atoms with E-state index in [0.29, 0.717) is 5.41 Å². The predicted molar refractivity (Wildman–Crippen MR) is 106 cm³/mol. The van der Waals surface area contributed by atoms with E-state index in [-0.39, 0.29) is 0 Å². The van der Waals surface area contributed by atoms with E-state index >= 15 is 0 Å². The first-order valence-corrected chi connectivity index (χ1v) is 10.2. The molecule has 0 aliphatic carbocycles. The average molecular weight is 353 g/mol. The van der Waals surface area contributed by atoms with Crippen molar-refractivity contribution in [2.45, 2.75) is 52.6 Å². The normalized spacial score (nSPS) is 21.3. The molecule has 0 unspecified atom stereocenters. The maximum atomic E-state index is 5.77. The molecule has 4 rings (SSSR count). The second-order valence-electron chi connectivity index (χ2n) is 8.59. The number of aryl methyl sites for hydroxylation is 2. The summed E-state index contributed by atoms with van der Waals surface area (Å²) in [4.78, 5) is 5.27. The molecular formula is C23H32N2O. The monoisotopic (exact) mass is 352 g/mol. The Hall–Kier alpha value is -1.58. The number of piperidine rings is 2. The quantitative estimate of drug-likeness (QED) is 0.790. The van der Waals surface area contributed by atoms with E-state index in [9.17, 15) is 0 Å². The number of likely N-dealkylation sites (tertiary alicyclic amines) is 2. The van der Waals surface area contributed by atoms with E-state index in [1.807, 2.05) is 6.92 Å². The molecule has 2 saturated heterocycles. The van der Waals surface area contributed by atoms with Gasteiger partial charge in [0.05, 0.1) is 6.54 Å². The average Bonchev–Trinajstić information content (AvgIpc) is 3.04. The molecule has 1 aromatic heterocycles. The molecule has 3 heteroatoms. The van der Waals surface area contributed by atoms with Crippen molar-refractivity contribution in [2.24, 2.45) is 5.41 Å². The van der Waals surface area contributed by atoms with Crippen LogP contribution in [0.2, 0.25) is 0 Å². The molecule has 2 aliphatic heterocycles. The zero-order valence-electron chi connectivity index (χ0n) is 16.3. The van der Waals surface area contributed by atoms with Crippen LogP contribution >= 0.6 is 0 Å². The predicted octanol–water partition coefficient (Wildman–Crippen LogP) is 4.77. The molecule has 0 saturated carbocycles. The summed E-state index contributed by atoms with van der Waals surface area (Å²) in [5.74, 6) is 2.13. The zero-order chi connectivity index (χ0) is 18.0. The highest BCUT2D eigenvalue weighted by Crippen LogP contribution is 2.40. The molecule has 3 nitrogen and oxygen atoms in total. The fourth-order valence-corrected chi connectivity index (χ4v) is 4.78. The molecule has 0 N–H and O–H groups in total. The lowest BCUT2D eigenvalue weighted by atomic mass is 9.72. The van der Waals surface area contributed by atoms with Gasteiger partial charge in [0.15, 0.2) is 0 Å². The van der Waals surface area contributed by atoms with Gasteiger partial charge in [-0.1, -0.05) is 29.8 Å².